The number of benzene rings is 1. The fraction of sp³-hybridized carbons (Fsp3) is 0.429. The van der Waals surface area contributed by atoms with Crippen LogP contribution in [0.1, 0.15) is 23.2 Å². The Labute approximate surface area is 170 Å². The molecule has 0 N–H and O–H groups in total. The van der Waals surface area contributed by atoms with Crippen molar-refractivity contribution in [2.75, 3.05) is 40.4 Å². The van der Waals surface area contributed by atoms with Crippen molar-refractivity contribution in [3.05, 3.63) is 45.9 Å². The maximum absolute atomic E-state index is 12.5. The van der Waals surface area contributed by atoms with Gasteiger partial charge in [0.25, 0.3) is 0 Å². The van der Waals surface area contributed by atoms with Crippen LogP contribution in [0.25, 0.3) is 6.08 Å². The van der Waals surface area contributed by atoms with Crippen molar-refractivity contribution in [2.24, 2.45) is 0 Å². The third kappa shape index (κ3) is 5.11. The van der Waals surface area contributed by atoms with E-state index in [1.807, 2.05) is 29.2 Å². The molecule has 1 aliphatic rings. The van der Waals surface area contributed by atoms with Gasteiger partial charge in [-0.15, -0.1) is 11.3 Å². The summed E-state index contributed by atoms with van der Waals surface area (Å²) in [7, 11) is 3.21. The van der Waals surface area contributed by atoms with Gasteiger partial charge in [0.2, 0.25) is 5.91 Å². The predicted molar refractivity (Wildman–Crippen MR) is 112 cm³/mol. The number of rotatable bonds is 7. The number of nitrogens with zero attached hydrogens (tertiary/aromatic N) is 3. The molecule has 150 valence electrons. The molecule has 0 atom stereocenters. The molecule has 2 aromatic rings. The van der Waals surface area contributed by atoms with E-state index in [9.17, 15) is 4.79 Å². The van der Waals surface area contributed by atoms with E-state index < -0.39 is 0 Å². The summed E-state index contributed by atoms with van der Waals surface area (Å²) in [5.41, 5.74) is 2.04. The molecule has 0 unspecified atom stereocenters. The number of methoxy groups -OCH3 is 2. The Kier molecular flexibility index (Phi) is 7.06. The van der Waals surface area contributed by atoms with Crippen LogP contribution in [0.5, 0.6) is 11.5 Å². The van der Waals surface area contributed by atoms with E-state index in [1.54, 1.807) is 31.6 Å². The largest absolute Gasteiger partial charge is 0.493 e. The first-order valence-corrected chi connectivity index (χ1v) is 10.4. The van der Waals surface area contributed by atoms with E-state index in [4.69, 9.17) is 9.47 Å². The Bertz CT molecular complexity index is 826. The second-order valence-corrected chi connectivity index (χ2v) is 7.58. The first-order valence-electron chi connectivity index (χ1n) is 9.47. The van der Waals surface area contributed by atoms with Gasteiger partial charge in [-0.3, -0.25) is 9.69 Å². The van der Waals surface area contributed by atoms with Gasteiger partial charge < -0.3 is 14.4 Å². The first-order chi connectivity index (χ1) is 13.6. The Morgan fingerprint density at radius 1 is 1.18 bits per heavy atom. The molecule has 7 heteroatoms. The fourth-order valence-corrected chi connectivity index (χ4v) is 3.90. The van der Waals surface area contributed by atoms with Gasteiger partial charge in [-0.05, 0) is 30.2 Å². The average molecular weight is 402 g/mol. The smallest absolute Gasteiger partial charge is 0.246 e. The Balaban J connectivity index is 1.51. The van der Waals surface area contributed by atoms with Crippen LogP contribution in [-0.4, -0.2) is 61.1 Å². The molecule has 0 saturated carbocycles. The summed E-state index contributed by atoms with van der Waals surface area (Å²) >= 11 is 1.72. The van der Waals surface area contributed by atoms with Gasteiger partial charge in [-0.1, -0.05) is 13.0 Å². The molecule has 0 spiro atoms. The summed E-state index contributed by atoms with van der Waals surface area (Å²) in [5, 5.41) is 3.33. The van der Waals surface area contributed by atoms with Crippen molar-refractivity contribution >= 4 is 23.3 Å². The van der Waals surface area contributed by atoms with Crippen molar-refractivity contribution in [3.63, 3.8) is 0 Å². The second kappa shape index (κ2) is 9.71. The zero-order valence-electron chi connectivity index (χ0n) is 16.7. The van der Waals surface area contributed by atoms with Gasteiger partial charge in [0.05, 0.1) is 24.9 Å². The standard InChI is InChI=1S/C21H27N3O3S/c1-4-20-22-17(15-28-20)14-23-9-11-24(12-10-23)21(25)8-6-16-5-7-18(26-2)19(13-16)27-3/h5-8,13,15H,4,9-12,14H2,1-3H3/b8-6+. The number of piperazine rings is 1. The van der Waals surface area contributed by atoms with E-state index in [0.717, 1.165) is 50.4 Å². The molecule has 3 rings (SSSR count). The Morgan fingerprint density at radius 2 is 1.93 bits per heavy atom. The molecular formula is C21H27N3O3S. The molecule has 1 saturated heterocycles. The number of carbonyl (C=O) groups excluding carboxylic acids is 1. The summed E-state index contributed by atoms with van der Waals surface area (Å²) < 4.78 is 10.5. The molecule has 1 aliphatic heterocycles. The number of ether oxygens (including phenoxy) is 2. The van der Waals surface area contributed by atoms with E-state index in [0.29, 0.717) is 11.5 Å². The Hall–Kier alpha value is -2.38. The topological polar surface area (TPSA) is 54.9 Å². The monoisotopic (exact) mass is 401 g/mol. The van der Waals surface area contributed by atoms with Crippen LogP contribution in [0.4, 0.5) is 0 Å². The summed E-state index contributed by atoms with van der Waals surface area (Å²) in [6, 6.07) is 5.60. The highest BCUT2D eigenvalue weighted by Gasteiger charge is 2.20. The molecule has 2 heterocycles. The number of hydrogen-bond donors (Lipinski definition) is 0. The zero-order chi connectivity index (χ0) is 19.9. The van der Waals surface area contributed by atoms with Crippen LogP contribution in [0.2, 0.25) is 0 Å². The van der Waals surface area contributed by atoms with Crippen molar-refractivity contribution < 1.29 is 14.3 Å². The van der Waals surface area contributed by atoms with Gasteiger partial charge in [0.15, 0.2) is 11.5 Å². The molecular weight excluding hydrogens is 374 g/mol. The molecule has 1 aromatic heterocycles. The lowest BCUT2D eigenvalue weighted by molar-refractivity contribution is -0.127. The molecule has 1 fully saturated rings. The number of thiazole rings is 1. The molecule has 28 heavy (non-hydrogen) atoms. The van der Waals surface area contributed by atoms with Crippen LogP contribution in [0.3, 0.4) is 0 Å². The number of aromatic nitrogens is 1. The minimum Gasteiger partial charge on any atom is -0.493 e. The van der Waals surface area contributed by atoms with E-state index in [1.165, 1.54) is 5.01 Å². The molecule has 0 aliphatic carbocycles. The average Bonchev–Trinajstić information content (AvgIpc) is 3.19. The van der Waals surface area contributed by atoms with Crippen molar-refractivity contribution in [1.29, 1.82) is 0 Å². The minimum atomic E-state index is 0.0383. The fourth-order valence-electron chi connectivity index (χ4n) is 3.17. The van der Waals surface area contributed by atoms with Crippen molar-refractivity contribution in [3.8, 4) is 11.5 Å². The number of amides is 1. The highest BCUT2D eigenvalue weighted by atomic mass is 32.1. The van der Waals surface area contributed by atoms with E-state index >= 15 is 0 Å². The van der Waals surface area contributed by atoms with Crippen LogP contribution >= 0.6 is 11.3 Å². The summed E-state index contributed by atoms with van der Waals surface area (Å²) in [4.78, 5) is 21.4. The van der Waals surface area contributed by atoms with E-state index in [2.05, 4.69) is 22.2 Å². The number of aryl methyl sites for hydroxylation is 1. The minimum absolute atomic E-state index is 0.0383. The normalized spacial score (nSPS) is 15.2. The van der Waals surface area contributed by atoms with Crippen LogP contribution < -0.4 is 9.47 Å². The summed E-state index contributed by atoms with van der Waals surface area (Å²) in [5.74, 6) is 1.36. The number of hydrogen-bond acceptors (Lipinski definition) is 6. The summed E-state index contributed by atoms with van der Waals surface area (Å²) in [6.07, 6.45) is 4.43. The van der Waals surface area contributed by atoms with Gasteiger partial charge >= 0.3 is 0 Å². The predicted octanol–water partition coefficient (Wildman–Crippen LogP) is 3.08. The first kappa shape index (κ1) is 20.4. The summed E-state index contributed by atoms with van der Waals surface area (Å²) in [6.45, 7) is 6.20. The van der Waals surface area contributed by atoms with Crippen LogP contribution in [0.15, 0.2) is 29.7 Å². The molecule has 0 radical (unpaired) electrons. The zero-order valence-corrected chi connectivity index (χ0v) is 17.5. The number of carbonyl (C=O) groups is 1. The second-order valence-electron chi connectivity index (χ2n) is 6.64. The molecule has 1 amide bonds. The molecule has 0 bridgehead atoms. The highest BCUT2D eigenvalue weighted by molar-refractivity contribution is 7.09. The van der Waals surface area contributed by atoms with Gasteiger partial charge in [-0.25, -0.2) is 4.98 Å². The van der Waals surface area contributed by atoms with Crippen LogP contribution in [0, 0.1) is 0 Å². The Morgan fingerprint density at radius 3 is 2.57 bits per heavy atom. The lowest BCUT2D eigenvalue weighted by atomic mass is 10.2. The maximum Gasteiger partial charge on any atom is 0.246 e. The highest BCUT2D eigenvalue weighted by Crippen LogP contribution is 2.28. The third-order valence-corrected chi connectivity index (χ3v) is 5.84. The molecule has 1 aromatic carbocycles. The van der Waals surface area contributed by atoms with Crippen LogP contribution in [-0.2, 0) is 17.8 Å². The SMILES string of the molecule is CCc1nc(CN2CCN(C(=O)/C=C/c3ccc(OC)c(OC)c3)CC2)cs1. The molecule has 6 nitrogen and oxygen atoms in total. The van der Waals surface area contributed by atoms with E-state index in [-0.39, 0.29) is 5.91 Å². The quantitative estimate of drug-likeness (QED) is 0.668. The van der Waals surface area contributed by atoms with Gasteiger partial charge in [0, 0.05) is 44.2 Å². The third-order valence-electron chi connectivity index (χ3n) is 4.80. The van der Waals surface area contributed by atoms with Gasteiger partial charge in [0.1, 0.15) is 0 Å². The lowest BCUT2D eigenvalue weighted by Crippen LogP contribution is -2.47. The van der Waals surface area contributed by atoms with Crippen molar-refractivity contribution in [2.45, 2.75) is 19.9 Å². The maximum atomic E-state index is 12.5. The van der Waals surface area contributed by atoms with Gasteiger partial charge in [-0.2, -0.15) is 0 Å². The van der Waals surface area contributed by atoms with Crippen molar-refractivity contribution in [1.82, 2.24) is 14.8 Å². The lowest BCUT2D eigenvalue weighted by Gasteiger charge is -2.33.